The number of para-hydroxylation sites is 1. The molecule has 0 unspecified atom stereocenters. The van der Waals surface area contributed by atoms with Crippen LogP contribution in [0.25, 0.3) is 16.7 Å². The lowest BCUT2D eigenvalue weighted by molar-refractivity contribution is 0.109. The topological polar surface area (TPSA) is 104 Å². The van der Waals surface area contributed by atoms with Crippen molar-refractivity contribution >= 4 is 26.6 Å². The van der Waals surface area contributed by atoms with Crippen molar-refractivity contribution in [3.05, 3.63) is 60.2 Å². The Bertz CT molecular complexity index is 1310. The first kappa shape index (κ1) is 17.8. The number of nitrogens with one attached hydrogen (secondary N) is 1. The molecule has 0 aliphatic carbocycles. The van der Waals surface area contributed by atoms with Gasteiger partial charge in [0.15, 0.2) is 5.82 Å². The molecule has 0 atom stereocenters. The number of anilines is 1. The van der Waals surface area contributed by atoms with Crippen LogP contribution in [0.5, 0.6) is 0 Å². The number of aromatic nitrogens is 5. The van der Waals surface area contributed by atoms with Crippen molar-refractivity contribution in [2.45, 2.75) is 17.9 Å². The quantitative estimate of drug-likeness (QED) is 0.552. The molecule has 0 saturated heterocycles. The van der Waals surface area contributed by atoms with Gasteiger partial charge in [0.2, 0.25) is 0 Å². The van der Waals surface area contributed by atoms with Crippen molar-refractivity contribution in [1.82, 2.24) is 24.5 Å². The van der Waals surface area contributed by atoms with Crippen LogP contribution in [0.1, 0.15) is 11.3 Å². The molecule has 0 saturated carbocycles. The van der Waals surface area contributed by atoms with E-state index in [1.165, 1.54) is 12.3 Å². The Morgan fingerprint density at radius 1 is 1.10 bits per heavy atom. The van der Waals surface area contributed by atoms with E-state index in [2.05, 4.69) is 19.9 Å². The second-order valence-corrected chi connectivity index (χ2v) is 8.48. The maximum absolute atomic E-state index is 12.9. The molecule has 1 N–H and O–H groups in total. The summed E-state index contributed by atoms with van der Waals surface area (Å²) in [6.45, 7) is 1.17. The number of ether oxygens (including phenoxy) is 1. The minimum Gasteiger partial charge on any atom is -0.376 e. The number of nitrogens with zero attached hydrogens (tertiary/aromatic N) is 5. The van der Waals surface area contributed by atoms with E-state index < -0.39 is 10.0 Å². The number of aryl methyl sites for hydroxylation is 1. The van der Waals surface area contributed by atoms with Crippen LogP contribution in [0.3, 0.4) is 0 Å². The molecule has 1 aliphatic heterocycles. The predicted molar refractivity (Wildman–Crippen MR) is 106 cm³/mol. The highest BCUT2D eigenvalue weighted by molar-refractivity contribution is 7.92. The largest absolute Gasteiger partial charge is 0.376 e. The van der Waals surface area contributed by atoms with Crippen molar-refractivity contribution in [3.8, 4) is 5.82 Å². The molecule has 29 heavy (non-hydrogen) atoms. The maximum atomic E-state index is 12.9. The van der Waals surface area contributed by atoms with Crippen molar-refractivity contribution in [2.75, 3.05) is 11.3 Å². The standard InChI is InChI=1S/C19H18N6O3S/c1-24-19-13(9-21-24)3-2-4-16(19)23-29(26,27)15-5-6-18(20-11-15)25-17-7-8-28-12-14(17)10-22-25/h2-6,9-11,23H,7-8,12H2,1H3. The molecule has 148 valence electrons. The number of fused-ring (bicyclic) bond motifs is 2. The summed E-state index contributed by atoms with van der Waals surface area (Å²) in [7, 11) is -2.04. The summed E-state index contributed by atoms with van der Waals surface area (Å²) in [6.07, 6.45) is 5.54. The van der Waals surface area contributed by atoms with Crippen LogP contribution < -0.4 is 4.72 Å². The third-order valence-electron chi connectivity index (χ3n) is 4.95. The lowest BCUT2D eigenvalue weighted by Crippen LogP contribution is -2.15. The fraction of sp³-hybridized carbons (Fsp3) is 0.211. The van der Waals surface area contributed by atoms with E-state index in [1.807, 2.05) is 6.07 Å². The van der Waals surface area contributed by atoms with Crippen LogP contribution in [0.4, 0.5) is 5.69 Å². The smallest absolute Gasteiger partial charge is 0.263 e. The van der Waals surface area contributed by atoms with E-state index in [0.29, 0.717) is 30.2 Å². The van der Waals surface area contributed by atoms with Gasteiger partial charge in [-0.2, -0.15) is 10.2 Å². The zero-order valence-corrected chi connectivity index (χ0v) is 16.4. The van der Waals surface area contributed by atoms with Gasteiger partial charge in [0.25, 0.3) is 10.0 Å². The predicted octanol–water partition coefficient (Wildman–Crippen LogP) is 2.03. The Labute approximate surface area is 167 Å². The van der Waals surface area contributed by atoms with Gasteiger partial charge >= 0.3 is 0 Å². The van der Waals surface area contributed by atoms with Crippen molar-refractivity contribution in [2.24, 2.45) is 7.05 Å². The molecule has 10 heteroatoms. The van der Waals surface area contributed by atoms with Crippen LogP contribution in [0, 0.1) is 0 Å². The molecule has 1 aromatic carbocycles. The third-order valence-corrected chi connectivity index (χ3v) is 6.30. The van der Waals surface area contributed by atoms with Crippen molar-refractivity contribution < 1.29 is 13.2 Å². The highest BCUT2D eigenvalue weighted by atomic mass is 32.2. The Hall–Kier alpha value is -3.24. The molecule has 4 aromatic rings. The van der Waals surface area contributed by atoms with E-state index in [4.69, 9.17) is 4.74 Å². The summed E-state index contributed by atoms with van der Waals surface area (Å²) >= 11 is 0. The zero-order valence-electron chi connectivity index (χ0n) is 15.6. The summed E-state index contributed by atoms with van der Waals surface area (Å²) in [5, 5.41) is 9.41. The first-order valence-electron chi connectivity index (χ1n) is 9.06. The van der Waals surface area contributed by atoms with E-state index in [9.17, 15) is 8.42 Å². The van der Waals surface area contributed by atoms with Gasteiger partial charge in [0, 0.05) is 30.6 Å². The van der Waals surface area contributed by atoms with Crippen molar-refractivity contribution in [1.29, 1.82) is 0 Å². The van der Waals surface area contributed by atoms with E-state index in [0.717, 1.165) is 23.1 Å². The highest BCUT2D eigenvalue weighted by Gasteiger charge is 2.20. The fourth-order valence-corrected chi connectivity index (χ4v) is 4.53. The van der Waals surface area contributed by atoms with Crippen molar-refractivity contribution in [3.63, 3.8) is 0 Å². The zero-order chi connectivity index (χ0) is 20.0. The van der Waals surface area contributed by atoms with Crippen LogP contribution in [-0.2, 0) is 34.8 Å². The van der Waals surface area contributed by atoms with Gasteiger partial charge in [-0.1, -0.05) is 12.1 Å². The van der Waals surface area contributed by atoms with Gasteiger partial charge in [-0.3, -0.25) is 9.40 Å². The number of rotatable bonds is 4. The average Bonchev–Trinajstić information content (AvgIpc) is 3.32. The average molecular weight is 410 g/mol. The molecule has 0 spiro atoms. The van der Waals surface area contributed by atoms with Crippen LogP contribution >= 0.6 is 0 Å². The number of hydrogen-bond acceptors (Lipinski definition) is 6. The SMILES string of the molecule is Cn1ncc2cccc(NS(=O)(=O)c3ccc(-n4ncc5c4CCOC5)nc3)c21. The number of hydrogen-bond donors (Lipinski definition) is 1. The molecule has 1 aliphatic rings. The molecule has 0 fully saturated rings. The molecular weight excluding hydrogens is 392 g/mol. The second-order valence-electron chi connectivity index (χ2n) is 6.80. The molecule has 0 bridgehead atoms. The lowest BCUT2D eigenvalue weighted by atomic mass is 10.2. The molecule has 0 amide bonds. The molecule has 9 nitrogen and oxygen atoms in total. The molecule has 3 aromatic heterocycles. The van der Waals surface area contributed by atoms with Gasteiger partial charge < -0.3 is 4.74 Å². The Morgan fingerprint density at radius 3 is 2.83 bits per heavy atom. The van der Waals surface area contributed by atoms with Gasteiger partial charge in [-0.05, 0) is 18.2 Å². The van der Waals surface area contributed by atoms with E-state index in [1.54, 1.807) is 47.0 Å². The summed E-state index contributed by atoms with van der Waals surface area (Å²) in [4.78, 5) is 4.40. The Balaban J connectivity index is 1.46. The lowest BCUT2D eigenvalue weighted by Gasteiger charge is -2.14. The summed E-state index contributed by atoms with van der Waals surface area (Å²) in [5.74, 6) is 0.570. The highest BCUT2D eigenvalue weighted by Crippen LogP contribution is 2.25. The monoisotopic (exact) mass is 410 g/mol. The Kier molecular flexibility index (Phi) is 4.10. The number of sulfonamides is 1. The van der Waals surface area contributed by atoms with Gasteiger partial charge in [0.05, 0.1) is 42.5 Å². The van der Waals surface area contributed by atoms with E-state index >= 15 is 0 Å². The molecular formula is C19H18N6O3S. The van der Waals surface area contributed by atoms with Gasteiger partial charge in [-0.25, -0.2) is 18.1 Å². The summed E-state index contributed by atoms with van der Waals surface area (Å²) < 4.78 is 37.2. The second kappa shape index (κ2) is 6.68. The Morgan fingerprint density at radius 2 is 2.00 bits per heavy atom. The third kappa shape index (κ3) is 3.06. The minimum atomic E-state index is -3.81. The minimum absolute atomic E-state index is 0.0739. The molecule has 4 heterocycles. The first-order chi connectivity index (χ1) is 14.0. The van der Waals surface area contributed by atoms with Crippen LogP contribution in [0.2, 0.25) is 0 Å². The fourth-order valence-electron chi connectivity index (χ4n) is 3.52. The van der Waals surface area contributed by atoms with Crippen LogP contribution in [-0.4, -0.2) is 39.6 Å². The summed E-state index contributed by atoms with van der Waals surface area (Å²) in [5.41, 5.74) is 3.25. The maximum Gasteiger partial charge on any atom is 0.263 e. The molecule has 5 rings (SSSR count). The number of benzene rings is 1. The molecule has 0 radical (unpaired) electrons. The van der Waals surface area contributed by atoms with Gasteiger partial charge in [0.1, 0.15) is 4.90 Å². The van der Waals surface area contributed by atoms with Crippen LogP contribution in [0.15, 0.2) is 53.8 Å². The summed E-state index contributed by atoms with van der Waals surface area (Å²) in [6, 6.07) is 8.56. The normalized spacial score (nSPS) is 14.1. The van der Waals surface area contributed by atoms with E-state index in [-0.39, 0.29) is 4.90 Å². The first-order valence-corrected chi connectivity index (χ1v) is 10.5. The van der Waals surface area contributed by atoms with Gasteiger partial charge in [-0.15, -0.1) is 0 Å². The number of pyridine rings is 1.